The van der Waals surface area contributed by atoms with Crippen LogP contribution in [-0.4, -0.2) is 13.1 Å². The average molecular weight is 335 g/mol. The first-order chi connectivity index (χ1) is 9.69. The number of ether oxygens (including phenoxy) is 1. The van der Waals surface area contributed by atoms with E-state index in [1.807, 2.05) is 48.5 Å². The van der Waals surface area contributed by atoms with Gasteiger partial charge in [0, 0.05) is 22.3 Å². The highest BCUT2D eigenvalue weighted by molar-refractivity contribution is 9.10. The van der Waals surface area contributed by atoms with Crippen LogP contribution in [0.2, 0.25) is 0 Å². The Morgan fingerprint density at radius 1 is 1.20 bits per heavy atom. The van der Waals surface area contributed by atoms with Crippen molar-refractivity contribution in [1.29, 1.82) is 0 Å². The lowest BCUT2D eigenvalue weighted by atomic mass is 10.2. The topological polar surface area (TPSA) is 50.4 Å². The first-order valence-electron chi connectivity index (χ1n) is 6.11. The molecule has 0 fully saturated rings. The molecule has 2 amide bonds. The Hall–Kier alpha value is -2.01. The molecule has 0 aromatic heterocycles. The van der Waals surface area contributed by atoms with Crippen LogP contribution in [-0.2, 0) is 6.54 Å². The van der Waals surface area contributed by atoms with E-state index in [0.717, 1.165) is 21.5 Å². The summed E-state index contributed by atoms with van der Waals surface area (Å²) in [5, 5.41) is 5.57. The van der Waals surface area contributed by atoms with Gasteiger partial charge < -0.3 is 15.4 Å². The van der Waals surface area contributed by atoms with Crippen molar-refractivity contribution in [2.24, 2.45) is 0 Å². The zero-order valence-corrected chi connectivity index (χ0v) is 12.6. The first kappa shape index (κ1) is 14.4. The van der Waals surface area contributed by atoms with E-state index in [2.05, 4.69) is 26.6 Å². The van der Waals surface area contributed by atoms with E-state index in [4.69, 9.17) is 4.74 Å². The third kappa shape index (κ3) is 3.99. The van der Waals surface area contributed by atoms with E-state index < -0.39 is 0 Å². The van der Waals surface area contributed by atoms with Gasteiger partial charge in [0.25, 0.3) is 0 Å². The summed E-state index contributed by atoms with van der Waals surface area (Å²) in [6.07, 6.45) is 0. The van der Waals surface area contributed by atoms with Crippen molar-refractivity contribution in [3.8, 4) is 5.75 Å². The van der Waals surface area contributed by atoms with E-state index in [1.54, 1.807) is 7.11 Å². The van der Waals surface area contributed by atoms with E-state index in [-0.39, 0.29) is 6.03 Å². The third-order valence-electron chi connectivity index (χ3n) is 2.71. The van der Waals surface area contributed by atoms with Crippen molar-refractivity contribution >= 4 is 27.6 Å². The monoisotopic (exact) mass is 334 g/mol. The lowest BCUT2D eigenvalue weighted by Crippen LogP contribution is -2.28. The Bertz CT molecular complexity index is 602. The fourth-order valence-corrected chi connectivity index (χ4v) is 2.17. The minimum absolute atomic E-state index is 0.256. The van der Waals surface area contributed by atoms with Crippen LogP contribution >= 0.6 is 15.9 Å². The summed E-state index contributed by atoms with van der Waals surface area (Å²) in [7, 11) is 1.61. The van der Waals surface area contributed by atoms with Crippen LogP contribution < -0.4 is 15.4 Å². The fourth-order valence-electron chi connectivity index (χ4n) is 1.77. The van der Waals surface area contributed by atoms with Gasteiger partial charge in [-0.05, 0) is 24.3 Å². The normalized spacial score (nSPS) is 9.90. The predicted molar refractivity (Wildman–Crippen MR) is 83.0 cm³/mol. The van der Waals surface area contributed by atoms with Gasteiger partial charge in [0.1, 0.15) is 5.75 Å². The molecule has 0 aliphatic heterocycles. The lowest BCUT2D eigenvalue weighted by Gasteiger charge is -2.10. The highest BCUT2D eigenvalue weighted by Gasteiger charge is 2.05. The van der Waals surface area contributed by atoms with Crippen molar-refractivity contribution in [2.45, 2.75) is 6.54 Å². The molecule has 0 aliphatic rings. The summed E-state index contributed by atoms with van der Waals surface area (Å²) in [5.74, 6) is 0.759. The molecule has 0 atom stereocenters. The smallest absolute Gasteiger partial charge is 0.319 e. The lowest BCUT2D eigenvalue weighted by molar-refractivity contribution is 0.251. The summed E-state index contributed by atoms with van der Waals surface area (Å²) in [6, 6.07) is 14.7. The molecule has 0 aliphatic carbocycles. The summed E-state index contributed by atoms with van der Waals surface area (Å²) in [5.41, 5.74) is 1.66. The Morgan fingerprint density at radius 2 is 2.00 bits per heavy atom. The molecule has 0 bridgehead atoms. The third-order valence-corrected chi connectivity index (χ3v) is 3.21. The average Bonchev–Trinajstić information content (AvgIpc) is 2.45. The molecule has 2 rings (SSSR count). The molecule has 0 heterocycles. The van der Waals surface area contributed by atoms with Gasteiger partial charge >= 0.3 is 6.03 Å². The number of amides is 2. The Labute approximate surface area is 126 Å². The van der Waals surface area contributed by atoms with Gasteiger partial charge in [-0.3, -0.25) is 0 Å². The second-order valence-corrected chi connectivity index (χ2v) is 5.05. The standard InChI is InChI=1S/C15H15BrN2O2/c1-20-14-8-3-2-5-11(14)10-17-15(19)18-13-7-4-6-12(16)9-13/h2-9H,10H2,1H3,(H2,17,18,19). The number of carbonyl (C=O) groups is 1. The van der Waals surface area contributed by atoms with E-state index in [9.17, 15) is 4.79 Å². The van der Waals surface area contributed by atoms with E-state index in [0.29, 0.717) is 6.54 Å². The molecule has 5 heteroatoms. The van der Waals surface area contributed by atoms with Gasteiger partial charge in [0.2, 0.25) is 0 Å². The number of anilines is 1. The molecule has 0 saturated heterocycles. The number of methoxy groups -OCH3 is 1. The molecule has 20 heavy (non-hydrogen) atoms. The van der Waals surface area contributed by atoms with Crippen LogP contribution in [0.1, 0.15) is 5.56 Å². The van der Waals surface area contributed by atoms with Gasteiger partial charge in [-0.15, -0.1) is 0 Å². The van der Waals surface area contributed by atoms with Gasteiger partial charge in [0.05, 0.1) is 7.11 Å². The van der Waals surface area contributed by atoms with Crippen LogP contribution in [0, 0.1) is 0 Å². The van der Waals surface area contributed by atoms with Crippen LogP contribution in [0.3, 0.4) is 0 Å². The fraction of sp³-hybridized carbons (Fsp3) is 0.133. The second-order valence-electron chi connectivity index (χ2n) is 4.13. The van der Waals surface area contributed by atoms with Gasteiger partial charge in [-0.1, -0.05) is 40.2 Å². The van der Waals surface area contributed by atoms with Crippen molar-refractivity contribution in [3.63, 3.8) is 0 Å². The molecule has 2 aromatic rings. The van der Waals surface area contributed by atoms with Crippen LogP contribution in [0.5, 0.6) is 5.75 Å². The molecular formula is C15H15BrN2O2. The van der Waals surface area contributed by atoms with Crippen LogP contribution in [0.25, 0.3) is 0 Å². The molecule has 2 aromatic carbocycles. The zero-order valence-electron chi connectivity index (χ0n) is 11.0. The Morgan fingerprint density at radius 3 is 2.75 bits per heavy atom. The number of benzene rings is 2. The number of para-hydroxylation sites is 1. The predicted octanol–water partition coefficient (Wildman–Crippen LogP) is 3.78. The molecule has 0 saturated carbocycles. The van der Waals surface area contributed by atoms with E-state index >= 15 is 0 Å². The summed E-state index contributed by atoms with van der Waals surface area (Å²) in [4.78, 5) is 11.8. The largest absolute Gasteiger partial charge is 0.496 e. The molecule has 104 valence electrons. The highest BCUT2D eigenvalue weighted by atomic mass is 79.9. The van der Waals surface area contributed by atoms with Crippen molar-refractivity contribution in [3.05, 3.63) is 58.6 Å². The number of hydrogen-bond acceptors (Lipinski definition) is 2. The van der Waals surface area contributed by atoms with Crippen molar-refractivity contribution in [1.82, 2.24) is 5.32 Å². The SMILES string of the molecule is COc1ccccc1CNC(=O)Nc1cccc(Br)c1. The summed E-state index contributed by atoms with van der Waals surface area (Å²) in [6.45, 7) is 0.407. The summed E-state index contributed by atoms with van der Waals surface area (Å²) < 4.78 is 6.15. The summed E-state index contributed by atoms with van der Waals surface area (Å²) >= 11 is 3.36. The zero-order chi connectivity index (χ0) is 14.4. The number of urea groups is 1. The highest BCUT2D eigenvalue weighted by Crippen LogP contribution is 2.17. The maximum absolute atomic E-state index is 11.8. The molecule has 4 nitrogen and oxygen atoms in total. The Balaban J connectivity index is 1.92. The minimum atomic E-state index is -0.256. The number of rotatable bonds is 4. The quantitative estimate of drug-likeness (QED) is 0.893. The minimum Gasteiger partial charge on any atom is -0.496 e. The van der Waals surface area contributed by atoms with E-state index in [1.165, 1.54) is 0 Å². The maximum atomic E-state index is 11.8. The molecule has 0 radical (unpaired) electrons. The second kappa shape index (κ2) is 6.96. The number of hydrogen-bond donors (Lipinski definition) is 2. The van der Waals surface area contributed by atoms with Crippen molar-refractivity contribution in [2.75, 3.05) is 12.4 Å². The van der Waals surface area contributed by atoms with Crippen LogP contribution in [0.15, 0.2) is 53.0 Å². The first-order valence-corrected chi connectivity index (χ1v) is 6.90. The molecule has 0 unspecified atom stereocenters. The number of halogens is 1. The van der Waals surface area contributed by atoms with Crippen molar-refractivity contribution < 1.29 is 9.53 Å². The molecular weight excluding hydrogens is 320 g/mol. The van der Waals surface area contributed by atoms with Gasteiger partial charge in [-0.25, -0.2) is 4.79 Å². The maximum Gasteiger partial charge on any atom is 0.319 e. The van der Waals surface area contributed by atoms with Crippen LogP contribution in [0.4, 0.5) is 10.5 Å². The number of carbonyl (C=O) groups excluding carboxylic acids is 1. The Kier molecular flexibility index (Phi) is 5.01. The van der Waals surface area contributed by atoms with Gasteiger partial charge in [0.15, 0.2) is 0 Å². The molecule has 0 spiro atoms. The van der Waals surface area contributed by atoms with Gasteiger partial charge in [-0.2, -0.15) is 0 Å². The number of nitrogens with one attached hydrogen (secondary N) is 2. The molecule has 2 N–H and O–H groups in total.